The number of rotatable bonds is 8. The predicted molar refractivity (Wildman–Crippen MR) is 91.9 cm³/mol. The van der Waals surface area contributed by atoms with E-state index in [1.165, 1.54) is 11.1 Å². The van der Waals surface area contributed by atoms with Crippen molar-refractivity contribution in [2.75, 3.05) is 19.6 Å². The van der Waals surface area contributed by atoms with Crippen molar-refractivity contribution in [3.05, 3.63) is 35.4 Å². The van der Waals surface area contributed by atoms with Crippen molar-refractivity contribution in [1.29, 1.82) is 0 Å². The van der Waals surface area contributed by atoms with Crippen LogP contribution < -0.4 is 16.0 Å². The molecule has 122 valence electrons. The molecule has 0 bridgehead atoms. The van der Waals surface area contributed by atoms with E-state index >= 15 is 0 Å². The monoisotopic (exact) mass is 304 g/mol. The normalized spacial score (nSPS) is 11.1. The lowest BCUT2D eigenvalue weighted by molar-refractivity contribution is -0.120. The third-order valence-electron chi connectivity index (χ3n) is 3.24. The maximum atomic E-state index is 11.6. The molecule has 0 unspecified atom stereocenters. The van der Waals surface area contributed by atoms with Crippen LogP contribution in [0.15, 0.2) is 29.3 Å². The molecule has 0 aliphatic carbocycles. The van der Waals surface area contributed by atoms with Crippen LogP contribution in [0.1, 0.15) is 38.3 Å². The first-order valence-corrected chi connectivity index (χ1v) is 8.06. The maximum Gasteiger partial charge on any atom is 0.239 e. The van der Waals surface area contributed by atoms with Crippen molar-refractivity contribution in [3.8, 4) is 0 Å². The van der Waals surface area contributed by atoms with Crippen LogP contribution in [0.4, 0.5) is 0 Å². The van der Waals surface area contributed by atoms with Gasteiger partial charge in [-0.3, -0.25) is 4.79 Å². The van der Waals surface area contributed by atoms with Crippen molar-refractivity contribution in [3.63, 3.8) is 0 Å². The van der Waals surface area contributed by atoms with Gasteiger partial charge in [-0.15, -0.1) is 0 Å². The minimum Gasteiger partial charge on any atom is -0.357 e. The Labute approximate surface area is 133 Å². The van der Waals surface area contributed by atoms with E-state index in [0.717, 1.165) is 19.4 Å². The van der Waals surface area contributed by atoms with Crippen molar-refractivity contribution in [1.82, 2.24) is 16.0 Å². The van der Waals surface area contributed by atoms with Crippen molar-refractivity contribution in [2.24, 2.45) is 4.99 Å². The Morgan fingerprint density at radius 1 is 1.05 bits per heavy atom. The van der Waals surface area contributed by atoms with E-state index < -0.39 is 0 Å². The fourth-order valence-electron chi connectivity index (χ4n) is 2.05. The topological polar surface area (TPSA) is 65.5 Å². The van der Waals surface area contributed by atoms with Gasteiger partial charge in [-0.25, -0.2) is 4.99 Å². The molecule has 0 aliphatic rings. The molecule has 1 rings (SSSR count). The predicted octanol–water partition coefficient (Wildman–Crippen LogP) is 1.83. The summed E-state index contributed by atoms with van der Waals surface area (Å²) in [5, 5.41) is 9.06. The summed E-state index contributed by atoms with van der Waals surface area (Å²) < 4.78 is 0. The first-order valence-electron chi connectivity index (χ1n) is 8.06. The third-order valence-corrected chi connectivity index (χ3v) is 3.24. The molecule has 22 heavy (non-hydrogen) atoms. The van der Waals surface area contributed by atoms with E-state index in [1.807, 2.05) is 26.0 Å². The van der Waals surface area contributed by atoms with Gasteiger partial charge in [0.25, 0.3) is 0 Å². The minimum absolute atomic E-state index is 0.0126. The summed E-state index contributed by atoms with van der Waals surface area (Å²) in [6, 6.07) is 8.30. The van der Waals surface area contributed by atoms with Crippen molar-refractivity contribution >= 4 is 11.9 Å². The van der Waals surface area contributed by atoms with Crippen LogP contribution >= 0.6 is 0 Å². The van der Waals surface area contributed by atoms with E-state index in [-0.39, 0.29) is 12.5 Å². The summed E-state index contributed by atoms with van der Waals surface area (Å²) >= 11 is 0. The average Bonchev–Trinajstić information content (AvgIpc) is 2.55. The zero-order valence-corrected chi connectivity index (χ0v) is 13.9. The van der Waals surface area contributed by atoms with Gasteiger partial charge in [0.05, 0.1) is 13.1 Å². The highest BCUT2D eigenvalue weighted by Crippen LogP contribution is 2.10. The molecule has 0 aromatic heterocycles. The molecular weight excluding hydrogens is 276 g/mol. The number of hydrogen-bond donors (Lipinski definition) is 3. The Morgan fingerprint density at radius 2 is 1.77 bits per heavy atom. The number of benzene rings is 1. The second-order valence-corrected chi connectivity index (χ2v) is 5.02. The lowest BCUT2D eigenvalue weighted by atomic mass is 10.1. The first kappa shape index (κ1) is 18.0. The van der Waals surface area contributed by atoms with Gasteiger partial charge < -0.3 is 16.0 Å². The molecular formula is C17H28N4O. The number of hydrogen-bond acceptors (Lipinski definition) is 2. The Bertz CT molecular complexity index is 485. The second kappa shape index (κ2) is 10.7. The van der Waals surface area contributed by atoms with E-state index in [2.05, 4.69) is 40.0 Å². The molecule has 0 atom stereocenters. The molecule has 0 fully saturated rings. The summed E-state index contributed by atoms with van der Waals surface area (Å²) in [7, 11) is 0. The highest BCUT2D eigenvalue weighted by Gasteiger charge is 2.03. The SMILES string of the molecule is CCCNC(=O)CNC(=NCc1ccccc1CC)NCC. The molecule has 1 aromatic carbocycles. The Morgan fingerprint density at radius 3 is 2.41 bits per heavy atom. The standard InChI is InChI=1S/C17H28N4O/c1-4-11-19-16(22)13-21-17(18-6-3)20-12-15-10-8-7-9-14(15)5-2/h7-10H,4-6,11-13H2,1-3H3,(H,19,22)(H2,18,20,21). The number of carbonyl (C=O) groups is 1. The van der Waals surface area contributed by atoms with E-state index in [9.17, 15) is 4.79 Å². The highest BCUT2D eigenvalue weighted by molar-refractivity contribution is 5.86. The van der Waals surface area contributed by atoms with Gasteiger partial charge >= 0.3 is 0 Å². The lowest BCUT2D eigenvalue weighted by Crippen LogP contribution is -2.43. The molecule has 0 spiro atoms. The van der Waals surface area contributed by atoms with Crippen LogP contribution in [0.5, 0.6) is 0 Å². The Kier molecular flexibility index (Phi) is 8.72. The molecule has 0 heterocycles. The fraction of sp³-hybridized carbons (Fsp3) is 0.529. The van der Waals surface area contributed by atoms with Gasteiger partial charge in [-0.2, -0.15) is 0 Å². The summed E-state index contributed by atoms with van der Waals surface area (Å²) in [6.45, 7) is 8.50. The van der Waals surface area contributed by atoms with Crippen LogP contribution in [-0.2, 0) is 17.8 Å². The average molecular weight is 304 g/mol. The van der Waals surface area contributed by atoms with Crippen LogP contribution in [0.25, 0.3) is 0 Å². The quantitative estimate of drug-likeness (QED) is 0.507. The van der Waals surface area contributed by atoms with Gasteiger partial charge in [0.1, 0.15) is 0 Å². The second-order valence-electron chi connectivity index (χ2n) is 5.02. The largest absolute Gasteiger partial charge is 0.357 e. The van der Waals surface area contributed by atoms with Gasteiger partial charge in [0, 0.05) is 13.1 Å². The molecule has 0 saturated heterocycles. The molecule has 1 amide bonds. The lowest BCUT2D eigenvalue weighted by Gasteiger charge is -2.12. The molecule has 3 N–H and O–H groups in total. The molecule has 5 heteroatoms. The number of guanidine groups is 1. The van der Waals surface area contributed by atoms with Crippen LogP contribution in [-0.4, -0.2) is 31.5 Å². The summed E-state index contributed by atoms with van der Waals surface area (Å²) in [4.78, 5) is 16.2. The fourth-order valence-corrected chi connectivity index (χ4v) is 2.05. The van der Waals surface area contributed by atoms with Gasteiger partial charge in [0.15, 0.2) is 5.96 Å². The summed E-state index contributed by atoms with van der Waals surface area (Å²) in [5.41, 5.74) is 2.53. The number of carbonyl (C=O) groups excluding carboxylic acids is 1. The number of nitrogens with one attached hydrogen (secondary N) is 3. The number of nitrogens with zero attached hydrogens (tertiary/aromatic N) is 1. The van der Waals surface area contributed by atoms with E-state index in [0.29, 0.717) is 19.0 Å². The highest BCUT2D eigenvalue weighted by atomic mass is 16.1. The minimum atomic E-state index is -0.0126. The van der Waals surface area contributed by atoms with E-state index in [4.69, 9.17) is 0 Å². The van der Waals surface area contributed by atoms with E-state index in [1.54, 1.807) is 0 Å². The number of amides is 1. The molecule has 0 saturated carbocycles. The third kappa shape index (κ3) is 6.61. The molecule has 0 aliphatic heterocycles. The molecule has 0 radical (unpaired) electrons. The smallest absolute Gasteiger partial charge is 0.239 e. The van der Waals surface area contributed by atoms with Gasteiger partial charge in [-0.1, -0.05) is 38.1 Å². The Balaban J connectivity index is 2.59. The summed E-state index contributed by atoms with van der Waals surface area (Å²) in [5.74, 6) is 0.654. The van der Waals surface area contributed by atoms with Crippen molar-refractivity contribution in [2.45, 2.75) is 40.2 Å². The summed E-state index contributed by atoms with van der Waals surface area (Å²) in [6.07, 6.45) is 1.93. The molecule has 5 nitrogen and oxygen atoms in total. The van der Waals surface area contributed by atoms with Crippen molar-refractivity contribution < 1.29 is 4.79 Å². The zero-order valence-electron chi connectivity index (χ0n) is 13.9. The van der Waals surface area contributed by atoms with Crippen LogP contribution in [0, 0.1) is 0 Å². The van der Waals surface area contributed by atoms with Crippen LogP contribution in [0.3, 0.4) is 0 Å². The first-order chi connectivity index (χ1) is 10.7. The van der Waals surface area contributed by atoms with Gasteiger partial charge in [-0.05, 0) is 30.9 Å². The zero-order chi connectivity index (χ0) is 16.2. The number of aryl methyl sites for hydroxylation is 1. The van der Waals surface area contributed by atoms with Crippen LogP contribution in [0.2, 0.25) is 0 Å². The Hall–Kier alpha value is -2.04. The number of aliphatic imine (C=N–C) groups is 1. The molecule has 1 aromatic rings. The van der Waals surface area contributed by atoms with Gasteiger partial charge in [0.2, 0.25) is 5.91 Å². The maximum absolute atomic E-state index is 11.6.